The molecule has 96 valence electrons. The number of nitrogens with two attached hydrogens (primary N) is 1. The third-order valence-corrected chi connectivity index (χ3v) is 4.01. The molecule has 3 N–H and O–H groups in total. The van der Waals surface area contributed by atoms with Crippen molar-refractivity contribution in [3.63, 3.8) is 0 Å². The van der Waals surface area contributed by atoms with Crippen molar-refractivity contribution in [3.8, 4) is 0 Å². The Morgan fingerprint density at radius 1 is 1.28 bits per heavy atom. The van der Waals surface area contributed by atoms with E-state index in [0.717, 1.165) is 10.4 Å². The van der Waals surface area contributed by atoms with E-state index in [2.05, 4.69) is 58.8 Å². The minimum Gasteiger partial charge on any atom is -0.336 e. The second-order valence-corrected chi connectivity index (χ2v) is 5.48. The van der Waals surface area contributed by atoms with Gasteiger partial charge in [-0.1, -0.05) is 12.1 Å². The first-order valence-electron chi connectivity index (χ1n) is 6.01. The number of aromatic amines is 1. The maximum absolute atomic E-state index is 5.93. The van der Waals surface area contributed by atoms with Gasteiger partial charge in [-0.05, 0) is 59.0 Å². The van der Waals surface area contributed by atoms with Gasteiger partial charge >= 0.3 is 0 Å². The second kappa shape index (κ2) is 5.24. The van der Waals surface area contributed by atoms with E-state index in [0.29, 0.717) is 6.54 Å². The molecule has 0 saturated heterocycles. The molecule has 0 aliphatic rings. The smallest absolute Gasteiger partial charge is 0.115 e. The fraction of sp³-hybridized carbons (Fsp3) is 0.357. The maximum atomic E-state index is 5.93. The van der Waals surface area contributed by atoms with E-state index in [1.165, 1.54) is 22.3 Å². The van der Waals surface area contributed by atoms with Crippen LogP contribution in [0.2, 0.25) is 0 Å². The molecule has 0 amide bonds. The molecule has 1 atom stereocenters. The van der Waals surface area contributed by atoms with Crippen molar-refractivity contribution in [1.29, 1.82) is 0 Å². The quantitative estimate of drug-likeness (QED) is 0.915. The maximum Gasteiger partial charge on any atom is 0.115 e. The SMILES string of the molecule is Cc1ccc(C(CN)c2ncc(Br)[nH]2)c(C)c1C. The molecular formula is C14H18BrN3. The fourth-order valence-electron chi connectivity index (χ4n) is 2.23. The van der Waals surface area contributed by atoms with Crippen LogP contribution < -0.4 is 5.73 Å². The lowest BCUT2D eigenvalue weighted by molar-refractivity contribution is 0.757. The highest BCUT2D eigenvalue weighted by atomic mass is 79.9. The lowest BCUT2D eigenvalue weighted by Gasteiger charge is -2.18. The van der Waals surface area contributed by atoms with E-state index in [1.807, 2.05) is 0 Å². The van der Waals surface area contributed by atoms with Crippen molar-refractivity contribution in [3.05, 3.63) is 51.0 Å². The minimum atomic E-state index is 0.121. The number of aromatic nitrogens is 2. The van der Waals surface area contributed by atoms with E-state index in [4.69, 9.17) is 5.73 Å². The van der Waals surface area contributed by atoms with E-state index < -0.39 is 0 Å². The first kappa shape index (κ1) is 13.3. The van der Waals surface area contributed by atoms with Crippen molar-refractivity contribution in [2.24, 2.45) is 5.73 Å². The van der Waals surface area contributed by atoms with Gasteiger partial charge in [0, 0.05) is 6.54 Å². The number of hydrogen-bond donors (Lipinski definition) is 2. The molecule has 0 bridgehead atoms. The van der Waals surface area contributed by atoms with E-state index in [1.54, 1.807) is 6.20 Å². The number of imidazole rings is 1. The highest BCUT2D eigenvalue weighted by Crippen LogP contribution is 2.28. The Balaban J connectivity index is 2.49. The summed E-state index contributed by atoms with van der Waals surface area (Å²) in [5.41, 5.74) is 11.1. The molecule has 0 spiro atoms. The first-order valence-corrected chi connectivity index (χ1v) is 6.81. The zero-order chi connectivity index (χ0) is 13.3. The molecule has 2 rings (SSSR count). The number of benzene rings is 1. The molecule has 0 aliphatic heterocycles. The summed E-state index contributed by atoms with van der Waals surface area (Å²) in [5.74, 6) is 1.03. The third kappa shape index (κ3) is 2.35. The average Bonchev–Trinajstić information content (AvgIpc) is 2.77. The Kier molecular flexibility index (Phi) is 3.88. The summed E-state index contributed by atoms with van der Waals surface area (Å²) in [7, 11) is 0. The fourth-order valence-corrected chi connectivity index (χ4v) is 2.54. The van der Waals surface area contributed by atoms with Crippen LogP contribution in [0.25, 0.3) is 0 Å². The van der Waals surface area contributed by atoms with Crippen LogP contribution in [-0.4, -0.2) is 16.5 Å². The van der Waals surface area contributed by atoms with Crippen molar-refractivity contribution < 1.29 is 0 Å². The summed E-state index contributed by atoms with van der Waals surface area (Å²) in [6.45, 7) is 6.98. The normalized spacial score (nSPS) is 12.7. The zero-order valence-electron chi connectivity index (χ0n) is 10.9. The summed E-state index contributed by atoms with van der Waals surface area (Å²) in [6, 6.07) is 4.31. The molecular weight excluding hydrogens is 290 g/mol. The Morgan fingerprint density at radius 3 is 2.56 bits per heavy atom. The Labute approximate surface area is 116 Å². The molecule has 18 heavy (non-hydrogen) atoms. The lowest BCUT2D eigenvalue weighted by Crippen LogP contribution is -2.17. The van der Waals surface area contributed by atoms with E-state index in [9.17, 15) is 0 Å². The molecule has 0 aliphatic carbocycles. The Morgan fingerprint density at radius 2 is 2.00 bits per heavy atom. The number of aryl methyl sites for hydroxylation is 1. The van der Waals surface area contributed by atoms with Crippen LogP contribution in [-0.2, 0) is 0 Å². The number of nitrogens with zero attached hydrogens (tertiary/aromatic N) is 1. The van der Waals surface area contributed by atoms with Crippen LogP contribution in [0.4, 0.5) is 0 Å². The van der Waals surface area contributed by atoms with Gasteiger partial charge in [0.05, 0.1) is 12.1 Å². The largest absolute Gasteiger partial charge is 0.336 e. The molecule has 3 nitrogen and oxygen atoms in total. The van der Waals surface area contributed by atoms with Crippen LogP contribution in [0.3, 0.4) is 0 Å². The summed E-state index contributed by atoms with van der Waals surface area (Å²) in [5, 5.41) is 0. The monoisotopic (exact) mass is 307 g/mol. The van der Waals surface area contributed by atoms with E-state index >= 15 is 0 Å². The van der Waals surface area contributed by atoms with Crippen LogP contribution in [0.1, 0.15) is 34.0 Å². The van der Waals surface area contributed by atoms with Gasteiger partial charge in [0.2, 0.25) is 0 Å². The van der Waals surface area contributed by atoms with Crippen LogP contribution in [0.15, 0.2) is 22.9 Å². The first-order chi connectivity index (χ1) is 8.54. The van der Waals surface area contributed by atoms with Crippen LogP contribution >= 0.6 is 15.9 Å². The highest BCUT2D eigenvalue weighted by molar-refractivity contribution is 9.10. The van der Waals surface area contributed by atoms with Crippen molar-refractivity contribution >= 4 is 15.9 Å². The van der Waals surface area contributed by atoms with Crippen LogP contribution in [0, 0.1) is 20.8 Å². The molecule has 1 unspecified atom stereocenters. The zero-order valence-corrected chi connectivity index (χ0v) is 12.5. The van der Waals surface area contributed by atoms with Gasteiger partial charge < -0.3 is 10.7 Å². The number of hydrogen-bond acceptors (Lipinski definition) is 2. The van der Waals surface area contributed by atoms with Gasteiger partial charge in [-0.25, -0.2) is 4.98 Å². The van der Waals surface area contributed by atoms with Gasteiger partial charge in [0.15, 0.2) is 0 Å². The molecule has 0 fully saturated rings. The molecule has 0 saturated carbocycles. The molecule has 1 aromatic carbocycles. The molecule has 4 heteroatoms. The summed E-state index contributed by atoms with van der Waals surface area (Å²) < 4.78 is 0.887. The van der Waals surface area contributed by atoms with Crippen molar-refractivity contribution in [2.75, 3.05) is 6.54 Å². The number of H-pyrrole nitrogens is 1. The standard InChI is InChI=1S/C14H18BrN3/c1-8-4-5-11(10(3)9(8)2)12(6-16)14-17-7-13(15)18-14/h4-5,7,12H,6,16H2,1-3H3,(H,17,18). The van der Waals surface area contributed by atoms with Gasteiger partial charge in [-0.2, -0.15) is 0 Å². The molecule has 1 heterocycles. The van der Waals surface area contributed by atoms with Gasteiger partial charge in [0.1, 0.15) is 10.4 Å². The minimum absolute atomic E-state index is 0.121. The topological polar surface area (TPSA) is 54.7 Å². The summed E-state index contributed by atoms with van der Waals surface area (Å²) in [4.78, 5) is 7.59. The molecule has 0 radical (unpaired) electrons. The average molecular weight is 308 g/mol. The predicted octanol–water partition coefficient (Wildman–Crippen LogP) is 3.19. The summed E-state index contributed by atoms with van der Waals surface area (Å²) >= 11 is 3.39. The number of halogens is 1. The molecule has 1 aromatic heterocycles. The van der Waals surface area contributed by atoms with Gasteiger partial charge in [-0.15, -0.1) is 0 Å². The third-order valence-electron chi connectivity index (χ3n) is 3.61. The highest BCUT2D eigenvalue weighted by Gasteiger charge is 2.18. The number of rotatable bonds is 3. The second-order valence-electron chi connectivity index (χ2n) is 4.63. The summed E-state index contributed by atoms with van der Waals surface area (Å²) in [6.07, 6.45) is 1.77. The van der Waals surface area contributed by atoms with Crippen molar-refractivity contribution in [2.45, 2.75) is 26.7 Å². The van der Waals surface area contributed by atoms with Gasteiger partial charge in [0.25, 0.3) is 0 Å². The van der Waals surface area contributed by atoms with Gasteiger partial charge in [-0.3, -0.25) is 0 Å². The van der Waals surface area contributed by atoms with Crippen LogP contribution in [0.5, 0.6) is 0 Å². The van der Waals surface area contributed by atoms with E-state index in [-0.39, 0.29) is 5.92 Å². The van der Waals surface area contributed by atoms with Crippen molar-refractivity contribution in [1.82, 2.24) is 9.97 Å². The lowest BCUT2D eigenvalue weighted by atomic mass is 9.90. The number of nitrogens with one attached hydrogen (secondary N) is 1. The Bertz CT molecular complexity index is 560. The Hall–Kier alpha value is -1.13. The molecule has 2 aromatic rings. The predicted molar refractivity (Wildman–Crippen MR) is 77.8 cm³/mol.